The predicted molar refractivity (Wildman–Crippen MR) is 84.7 cm³/mol. The van der Waals surface area contributed by atoms with Gasteiger partial charge in [-0.05, 0) is 25.1 Å². The van der Waals surface area contributed by atoms with E-state index in [4.69, 9.17) is 19.9 Å². The topological polar surface area (TPSA) is 101 Å². The number of nitrogens with two attached hydrogens (primary N) is 1. The van der Waals surface area contributed by atoms with E-state index in [0.717, 1.165) is 5.56 Å². The molecule has 1 amide bonds. The Labute approximate surface area is 137 Å². The maximum atomic E-state index is 11.9. The summed E-state index contributed by atoms with van der Waals surface area (Å²) in [6.07, 6.45) is -1.01. The highest BCUT2D eigenvalue weighted by Gasteiger charge is 2.19. The number of hydrogen-bond donors (Lipinski definition) is 1. The first kappa shape index (κ1) is 16.8. The molecule has 2 rings (SSSR count). The Hall–Kier alpha value is -2.61. The number of hydrogen-bond acceptors (Lipinski definition) is 7. The third-order valence-electron chi connectivity index (χ3n) is 3.03. The van der Waals surface area contributed by atoms with Crippen molar-refractivity contribution in [2.75, 3.05) is 14.2 Å². The molecule has 0 spiro atoms. The fourth-order valence-corrected chi connectivity index (χ4v) is 2.53. The number of amides is 1. The summed E-state index contributed by atoms with van der Waals surface area (Å²) in [5.41, 5.74) is 5.95. The summed E-state index contributed by atoms with van der Waals surface area (Å²) >= 11 is 1.27. The second-order valence-corrected chi connectivity index (χ2v) is 5.42. The third-order valence-corrected chi connectivity index (χ3v) is 3.92. The zero-order valence-electron chi connectivity index (χ0n) is 12.9. The lowest BCUT2D eigenvalue weighted by molar-refractivity contribution is -0.125. The Morgan fingerprint density at radius 1 is 1.22 bits per heavy atom. The Kier molecular flexibility index (Phi) is 5.17. The van der Waals surface area contributed by atoms with Crippen molar-refractivity contribution >= 4 is 23.2 Å². The first-order chi connectivity index (χ1) is 11.0. The van der Waals surface area contributed by atoms with Crippen molar-refractivity contribution in [1.82, 2.24) is 4.98 Å². The number of esters is 1. The lowest BCUT2D eigenvalue weighted by Crippen LogP contribution is -2.30. The number of ether oxygens (including phenoxy) is 3. The van der Waals surface area contributed by atoms with Gasteiger partial charge in [-0.3, -0.25) is 4.79 Å². The van der Waals surface area contributed by atoms with E-state index in [0.29, 0.717) is 16.5 Å². The minimum Gasteiger partial charge on any atom is -0.493 e. The van der Waals surface area contributed by atoms with Gasteiger partial charge >= 0.3 is 5.97 Å². The third kappa shape index (κ3) is 3.78. The number of carbonyl (C=O) groups is 2. The molecule has 1 aromatic carbocycles. The van der Waals surface area contributed by atoms with Gasteiger partial charge in [0.1, 0.15) is 5.01 Å². The van der Waals surface area contributed by atoms with E-state index in [1.165, 1.54) is 25.4 Å². The quantitative estimate of drug-likeness (QED) is 0.808. The van der Waals surface area contributed by atoms with Crippen molar-refractivity contribution < 1.29 is 23.8 Å². The van der Waals surface area contributed by atoms with E-state index in [-0.39, 0.29) is 5.69 Å². The molecule has 0 saturated heterocycles. The summed E-state index contributed by atoms with van der Waals surface area (Å²) in [4.78, 5) is 27.0. The van der Waals surface area contributed by atoms with Gasteiger partial charge in [-0.1, -0.05) is 0 Å². The highest BCUT2D eigenvalue weighted by atomic mass is 32.1. The number of aromatic nitrogens is 1. The molecule has 1 aromatic heterocycles. The summed E-state index contributed by atoms with van der Waals surface area (Å²) in [6, 6.07) is 5.32. The van der Waals surface area contributed by atoms with Crippen LogP contribution in [0.1, 0.15) is 17.4 Å². The van der Waals surface area contributed by atoms with Gasteiger partial charge in [-0.25, -0.2) is 9.78 Å². The van der Waals surface area contributed by atoms with Gasteiger partial charge in [0.2, 0.25) is 0 Å². The Bertz CT molecular complexity index is 728. The number of nitrogens with zero attached hydrogens (tertiary/aromatic N) is 1. The molecule has 23 heavy (non-hydrogen) atoms. The molecular formula is C15H16N2O5S. The van der Waals surface area contributed by atoms with Crippen molar-refractivity contribution in [2.45, 2.75) is 13.0 Å². The molecule has 0 saturated carbocycles. The molecular weight excluding hydrogens is 320 g/mol. The normalized spacial score (nSPS) is 11.6. The molecule has 1 atom stereocenters. The summed E-state index contributed by atoms with van der Waals surface area (Å²) in [7, 11) is 3.09. The van der Waals surface area contributed by atoms with Crippen LogP contribution in [0.25, 0.3) is 10.6 Å². The smallest absolute Gasteiger partial charge is 0.358 e. The molecule has 122 valence electrons. The van der Waals surface area contributed by atoms with Crippen LogP contribution in [0.2, 0.25) is 0 Å². The van der Waals surface area contributed by atoms with Gasteiger partial charge in [0, 0.05) is 10.9 Å². The number of primary amides is 1. The van der Waals surface area contributed by atoms with Crippen LogP contribution in [0.5, 0.6) is 11.5 Å². The van der Waals surface area contributed by atoms with Crippen LogP contribution in [0.4, 0.5) is 0 Å². The largest absolute Gasteiger partial charge is 0.493 e. The minimum absolute atomic E-state index is 0.118. The first-order valence-electron chi connectivity index (χ1n) is 6.64. The molecule has 1 unspecified atom stereocenters. The van der Waals surface area contributed by atoms with Gasteiger partial charge in [0.15, 0.2) is 23.3 Å². The Balaban J connectivity index is 2.22. The first-order valence-corrected chi connectivity index (χ1v) is 7.52. The van der Waals surface area contributed by atoms with Crippen LogP contribution in [0.3, 0.4) is 0 Å². The van der Waals surface area contributed by atoms with Gasteiger partial charge in [0.25, 0.3) is 5.91 Å². The van der Waals surface area contributed by atoms with Crippen LogP contribution in [0, 0.1) is 0 Å². The van der Waals surface area contributed by atoms with Gasteiger partial charge in [0.05, 0.1) is 14.2 Å². The minimum atomic E-state index is -1.01. The van der Waals surface area contributed by atoms with Crippen molar-refractivity contribution in [3.8, 4) is 22.1 Å². The van der Waals surface area contributed by atoms with Crippen LogP contribution in [-0.4, -0.2) is 37.2 Å². The molecule has 2 N–H and O–H groups in total. The lowest BCUT2D eigenvalue weighted by Gasteiger charge is -2.08. The monoisotopic (exact) mass is 336 g/mol. The summed E-state index contributed by atoms with van der Waals surface area (Å²) in [6.45, 7) is 1.40. The van der Waals surface area contributed by atoms with Crippen molar-refractivity contribution in [3.63, 3.8) is 0 Å². The zero-order valence-corrected chi connectivity index (χ0v) is 13.7. The predicted octanol–water partition coefficient (Wildman–Crippen LogP) is 1.86. The zero-order chi connectivity index (χ0) is 17.0. The van der Waals surface area contributed by atoms with E-state index < -0.39 is 18.0 Å². The van der Waals surface area contributed by atoms with Crippen LogP contribution in [-0.2, 0) is 9.53 Å². The number of methoxy groups -OCH3 is 2. The van der Waals surface area contributed by atoms with E-state index in [1.807, 2.05) is 0 Å². The average Bonchev–Trinajstić information content (AvgIpc) is 3.04. The van der Waals surface area contributed by atoms with Crippen LogP contribution < -0.4 is 15.2 Å². The van der Waals surface area contributed by atoms with Crippen molar-refractivity contribution in [3.05, 3.63) is 29.3 Å². The highest BCUT2D eigenvalue weighted by Crippen LogP contribution is 2.33. The summed E-state index contributed by atoms with van der Waals surface area (Å²) in [5.74, 6) is -0.248. The second kappa shape index (κ2) is 7.10. The van der Waals surface area contributed by atoms with Crippen molar-refractivity contribution in [2.24, 2.45) is 5.73 Å². The van der Waals surface area contributed by atoms with Gasteiger partial charge in [-0.2, -0.15) is 0 Å². The number of rotatable bonds is 6. The Morgan fingerprint density at radius 3 is 2.52 bits per heavy atom. The van der Waals surface area contributed by atoms with E-state index in [2.05, 4.69) is 4.98 Å². The van der Waals surface area contributed by atoms with E-state index >= 15 is 0 Å². The maximum absolute atomic E-state index is 11.9. The van der Waals surface area contributed by atoms with Crippen LogP contribution >= 0.6 is 11.3 Å². The maximum Gasteiger partial charge on any atom is 0.358 e. The number of benzene rings is 1. The molecule has 1 heterocycles. The summed E-state index contributed by atoms with van der Waals surface area (Å²) < 4.78 is 15.3. The molecule has 0 aliphatic heterocycles. The van der Waals surface area contributed by atoms with E-state index in [9.17, 15) is 9.59 Å². The molecule has 0 radical (unpaired) electrons. The molecule has 7 nitrogen and oxygen atoms in total. The summed E-state index contributed by atoms with van der Waals surface area (Å²) in [5, 5.41) is 2.17. The van der Waals surface area contributed by atoms with Crippen molar-refractivity contribution in [1.29, 1.82) is 0 Å². The molecule has 0 bridgehead atoms. The molecule has 0 fully saturated rings. The lowest BCUT2D eigenvalue weighted by atomic mass is 10.2. The van der Waals surface area contributed by atoms with Gasteiger partial charge in [-0.15, -0.1) is 11.3 Å². The molecule has 8 heteroatoms. The SMILES string of the molecule is COc1ccc(-c2nc(C(=O)OC(C)C(N)=O)cs2)cc1OC. The molecule has 2 aromatic rings. The van der Waals surface area contributed by atoms with E-state index in [1.54, 1.807) is 30.7 Å². The van der Waals surface area contributed by atoms with Crippen LogP contribution in [0.15, 0.2) is 23.6 Å². The molecule has 0 aliphatic carbocycles. The number of carbonyl (C=O) groups excluding carboxylic acids is 2. The fraction of sp³-hybridized carbons (Fsp3) is 0.267. The highest BCUT2D eigenvalue weighted by molar-refractivity contribution is 7.13. The second-order valence-electron chi connectivity index (χ2n) is 4.56. The van der Waals surface area contributed by atoms with Gasteiger partial charge < -0.3 is 19.9 Å². The standard InChI is InChI=1S/C15H16N2O5S/c1-8(13(16)18)22-15(19)10-7-23-14(17-10)9-4-5-11(20-2)12(6-9)21-3/h4-8H,1-3H3,(H2,16,18). The molecule has 0 aliphatic rings. The number of thiazole rings is 1. The Morgan fingerprint density at radius 2 is 1.91 bits per heavy atom. The average molecular weight is 336 g/mol. The fourth-order valence-electron chi connectivity index (χ4n) is 1.75.